The van der Waals surface area contributed by atoms with Gasteiger partial charge in [-0.1, -0.05) is 24.3 Å². The van der Waals surface area contributed by atoms with Gasteiger partial charge in [0.25, 0.3) is 0 Å². The fourth-order valence-electron chi connectivity index (χ4n) is 2.60. The van der Waals surface area contributed by atoms with Crippen molar-refractivity contribution in [2.75, 3.05) is 47.5 Å². The zero-order chi connectivity index (χ0) is 19.5. The Kier molecular flexibility index (Phi) is 8.87. The zero-order valence-corrected chi connectivity index (χ0v) is 16.3. The van der Waals surface area contributed by atoms with Crippen molar-refractivity contribution in [2.45, 2.75) is 13.0 Å². The van der Waals surface area contributed by atoms with Gasteiger partial charge in [-0.15, -0.1) is 0 Å². The van der Waals surface area contributed by atoms with Gasteiger partial charge >= 0.3 is 0 Å². The highest BCUT2D eigenvalue weighted by atomic mass is 19.1. The van der Waals surface area contributed by atoms with E-state index in [1.54, 1.807) is 25.3 Å². The molecule has 0 aliphatic heterocycles. The Morgan fingerprint density at radius 1 is 0.963 bits per heavy atom. The highest BCUT2D eigenvalue weighted by molar-refractivity contribution is 5.46. The predicted molar refractivity (Wildman–Crippen MR) is 105 cm³/mol. The van der Waals surface area contributed by atoms with Crippen LogP contribution in [-0.2, 0) is 6.54 Å². The summed E-state index contributed by atoms with van der Waals surface area (Å²) in [6.07, 6.45) is 0.939. The molecule has 2 rings (SSSR count). The number of methoxy groups -OCH3 is 1. The molecule has 0 atom stereocenters. The topological polar surface area (TPSA) is 43.0 Å². The average Bonchev–Trinajstić information content (AvgIpc) is 2.66. The van der Waals surface area contributed by atoms with Crippen molar-refractivity contribution in [3.63, 3.8) is 0 Å². The molecule has 0 spiro atoms. The first-order chi connectivity index (χ1) is 13.1. The van der Waals surface area contributed by atoms with E-state index in [-0.39, 0.29) is 11.6 Å². The average molecular weight is 376 g/mol. The van der Waals surface area contributed by atoms with E-state index in [0.29, 0.717) is 26.3 Å². The van der Waals surface area contributed by atoms with Crippen LogP contribution < -0.4 is 19.5 Å². The smallest absolute Gasteiger partial charge is 0.165 e. The van der Waals surface area contributed by atoms with E-state index in [4.69, 9.17) is 14.2 Å². The molecule has 5 nitrogen and oxygen atoms in total. The second kappa shape index (κ2) is 11.4. The number of nitrogens with one attached hydrogen (secondary N) is 1. The standard InChI is InChI=1S/C21H29FN2O3/c1-24(2)13-7-14-27-21-17(8-6-11-20(21)25-3)16-23-12-15-26-19-10-5-4-9-18(19)22/h4-6,8-11,23H,7,12-16H2,1-3H3. The molecule has 0 saturated carbocycles. The molecule has 2 aromatic rings. The molecule has 0 aromatic heterocycles. The van der Waals surface area contributed by atoms with Gasteiger partial charge < -0.3 is 24.4 Å². The second-order valence-electron chi connectivity index (χ2n) is 6.41. The van der Waals surface area contributed by atoms with Gasteiger partial charge in [-0.25, -0.2) is 4.39 Å². The van der Waals surface area contributed by atoms with Crippen LogP contribution >= 0.6 is 0 Å². The third-order valence-electron chi connectivity index (χ3n) is 3.96. The van der Waals surface area contributed by atoms with E-state index in [0.717, 1.165) is 30.0 Å². The largest absolute Gasteiger partial charge is 0.493 e. The number of ether oxygens (including phenoxy) is 3. The van der Waals surface area contributed by atoms with Crippen molar-refractivity contribution in [1.29, 1.82) is 0 Å². The number of hydrogen-bond acceptors (Lipinski definition) is 5. The molecular weight excluding hydrogens is 347 g/mol. The maximum atomic E-state index is 13.5. The number of hydrogen-bond donors (Lipinski definition) is 1. The molecule has 6 heteroatoms. The maximum Gasteiger partial charge on any atom is 0.165 e. The quantitative estimate of drug-likeness (QED) is 0.576. The molecule has 0 fully saturated rings. The summed E-state index contributed by atoms with van der Waals surface area (Å²) in [6, 6.07) is 12.3. The van der Waals surface area contributed by atoms with Gasteiger partial charge in [0.1, 0.15) is 6.61 Å². The molecular formula is C21H29FN2O3. The van der Waals surface area contributed by atoms with Crippen LogP contribution in [0.3, 0.4) is 0 Å². The maximum absolute atomic E-state index is 13.5. The van der Waals surface area contributed by atoms with E-state index in [1.807, 2.05) is 32.3 Å². The predicted octanol–water partition coefficient (Wildman–Crippen LogP) is 3.33. The summed E-state index contributed by atoms with van der Waals surface area (Å²) < 4.78 is 30.4. The minimum Gasteiger partial charge on any atom is -0.493 e. The van der Waals surface area contributed by atoms with E-state index in [1.165, 1.54) is 6.07 Å². The summed E-state index contributed by atoms with van der Waals surface area (Å²) in [7, 11) is 5.73. The minimum absolute atomic E-state index is 0.269. The van der Waals surface area contributed by atoms with Crippen molar-refractivity contribution in [1.82, 2.24) is 10.2 Å². The summed E-state index contributed by atoms with van der Waals surface area (Å²) in [6.45, 7) is 3.18. The summed E-state index contributed by atoms with van der Waals surface area (Å²) in [5.41, 5.74) is 1.02. The monoisotopic (exact) mass is 376 g/mol. The Bertz CT molecular complexity index is 695. The van der Waals surface area contributed by atoms with E-state index < -0.39 is 0 Å². The molecule has 0 amide bonds. The lowest BCUT2D eigenvalue weighted by Crippen LogP contribution is -2.21. The Morgan fingerprint density at radius 3 is 2.48 bits per heavy atom. The summed E-state index contributed by atoms with van der Waals surface area (Å²) >= 11 is 0. The molecule has 0 saturated heterocycles. The van der Waals surface area contributed by atoms with Crippen LogP contribution in [0.25, 0.3) is 0 Å². The molecule has 0 bridgehead atoms. The molecule has 0 unspecified atom stereocenters. The minimum atomic E-state index is -0.348. The third-order valence-corrected chi connectivity index (χ3v) is 3.96. The Labute approximate surface area is 161 Å². The third kappa shape index (κ3) is 7.07. The first-order valence-electron chi connectivity index (χ1n) is 9.13. The van der Waals surface area contributed by atoms with Crippen LogP contribution in [0.5, 0.6) is 17.2 Å². The van der Waals surface area contributed by atoms with Gasteiger partial charge in [0.2, 0.25) is 0 Å². The van der Waals surface area contributed by atoms with Crippen molar-refractivity contribution in [3.8, 4) is 17.2 Å². The van der Waals surface area contributed by atoms with E-state index in [2.05, 4.69) is 10.2 Å². The van der Waals surface area contributed by atoms with E-state index >= 15 is 0 Å². The highest BCUT2D eigenvalue weighted by Crippen LogP contribution is 2.31. The van der Waals surface area contributed by atoms with Crippen LogP contribution in [0, 0.1) is 5.82 Å². The lowest BCUT2D eigenvalue weighted by atomic mass is 10.2. The second-order valence-corrected chi connectivity index (χ2v) is 6.41. The Balaban J connectivity index is 1.83. The number of rotatable bonds is 12. The van der Waals surface area contributed by atoms with Crippen molar-refractivity contribution in [3.05, 3.63) is 53.8 Å². The summed E-state index contributed by atoms with van der Waals surface area (Å²) in [5.74, 6) is 1.41. The van der Waals surface area contributed by atoms with Crippen LogP contribution in [0.1, 0.15) is 12.0 Å². The number of para-hydroxylation sites is 2. The van der Waals surface area contributed by atoms with Crippen LogP contribution in [0.2, 0.25) is 0 Å². The summed E-state index contributed by atoms with van der Waals surface area (Å²) in [4.78, 5) is 2.13. The van der Waals surface area contributed by atoms with Crippen LogP contribution in [0.4, 0.5) is 4.39 Å². The van der Waals surface area contributed by atoms with Crippen LogP contribution in [-0.4, -0.2) is 52.4 Å². The van der Waals surface area contributed by atoms with Gasteiger partial charge in [-0.05, 0) is 38.7 Å². The van der Waals surface area contributed by atoms with Crippen molar-refractivity contribution < 1.29 is 18.6 Å². The lowest BCUT2D eigenvalue weighted by Gasteiger charge is -2.16. The fraction of sp³-hybridized carbons (Fsp3) is 0.429. The highest BCUT2D eigenvalue weighted by Gasteiger charge is 2.10. The Morgan fingerprint density at radius 2 is 1.74 bits per heavy atom. The molecule has 0 radical (unpaired) electrons. The molecule has 0 aliphatic rings. The Hall–Kier alpha value is -2.31. The fourth-order valence-corrected chi connectivity index (χ4v) is 2.60. The molecule has 148 valence electrons. The first kappa shape index (κ1) is 21.0. The van der Waals surface area contributed by atoms with Gasteiger partial charge in [0, 0.05) is 25.2 Å². The molecule has 0 heterocycles. The number of benzene rings is 2. The van der Waals surface area contributed by atoms with Crippen molar-refractivity contribution >= 4 is 0 Å². The van der Waals surface area contributed by atoms with Crippen molar-refractivity contribution in [2.24, 2.45) is 0 Å². The van der Waals surface area contributed by atoms with Crippen LogP contribution in [0.15, 0.2) is 42.5 Å². The number of halogens is 1. The molecule has 27 heavy (non-hydrogen) atoms. The number of nitrogens with zero attached hydrogens (tertiary/aromatic N) is 1. The first-order valence-corrected chi connectivity index (χ1v) is 9.13. The molecule has 2 aromatic carbocycles. The van der Waals surface area contributed by atoms with E-state index in [9.17, 15) is 4.39 Å². The molecule has 0 aliphatic carbocycles. The normalized spacial score (nSPS) is 10.9. The van der Waals surface area contributed by atoms with Gasteiger partial charge in [0.15, 0.2) is 23.1 Å². The van der Waals surface area contributed by atoms with Gasteiger partial charge in [0.05, 0.1) is 13.7 Å². The zero-order valence-electron chi connectivity index (χ0n) is 16.3. The van der Waals surface area contributed by atoms with Gasteiger partial charge in [-0.2, -0.15) is 0 Å². The lowest BCUT2D eigenvalue weighted by molar-refractivity contribution is 0.264. The SMILES string of the molecule is COc1cccc(CNCCOc2ccccc2F)c1OCCCN(C)C. The summed E-state index contributed by atoms with van der Waals surface area (Å²) in [5, 5.41) is 3.30. The molecule has 1 N–H and O–H groups in total. The van der Waals surface area contributed by atoms with Gasteiger partial charge in [-0.3, -0.25) is 0 Å².